The number of pyridine rings is 1. The molecular weight excluding hydrogens is 294 g/mol. The molecule has 1 saturated heterocycles. The lowest BCUT2D eigenvalue weighted by molar-refractivity contribution is -0.141. The van der Waals surface area contributed by atoms with Crippen LogP contribution < -0.4 is 5.73 Å². The highest BCUT2D eigenvalue weighted by Crippen LogP contribution is 2.27. The summed E-state index contributed by atoms with van der Waals surface area (Å²) in [6.07, 6.45) is 3.64. The molecule has 1 unspecified atom stereocenters. The molecule has 0 radical (unpaired) electrons. The number of esters is 1. The van der Waals surface area contributed by atoms with Gasteiger partial charge in [0.05, 0.1) is 13.5 Å². The van der Waals surface area contributed by atoms with Crippen LogP contribution in [-0.2, 0) is 19.6 Å². The van der Waals surface area contributed by atoms with Crippen molar-refractivity contribution in [3.8, 4) is 0 Å². The van der Waals surface area contributed by atoms with Gasteiger partial charge < -0.3 is 10.5 Å². The van der Waals surface area contributed by atoms with Gasteiger partial charge in [-0.15, -0.1) is 0 Å². The topological polar surface area (TPSA) is 103 Å². The van der Waals surface area contributed by atoms with Crippen molar-refractivity contribution in [3.63, 3.8) is 0 Å². The summed E-state index contributed by atoms with van der Waals surface area (Å²) in [6.45, 7) is 0.397. The Morgan fingerprint density at radius 1 is 1.48 bits per heavy atom. The van der Waals surface area contributed by atoms with E-state index in [4.69, 9.17) is 5.73 Å². The Labute approximate surface area is 124 Å². The number of nitrogen functional groups attached to an aromatic ring is 1. The number of aromatic nitrogens is 1. The molecule has 0 aromatic carbocycles. The summed E-state index contributed by atoms with van der Waals surface area (Å²) in [7, 11) is -2.37. The van der Waals surface area contributed by atoms with E-state index in [0.717, 1.165) is 12.8 Å². The van der Waals surface area contributed by atoms with Crippen LogP contribution in [0, 0.1) is 0 Å². The van der Waals surface area contributed by atoms with Gasteiger partial charge in [-0.05, 0) is 25.0 Å². The van der Waals surface area contributed by atoms with Gasteiger partial charge in [-0.3, -0.25) is 4.79 Å². The zero-order valence-electron chi connectivity index (χ0n) is 11.9. The van der Waals surface area contributed by atoms with E-state index in [1.54, 1.807) is 0 Å². The molecule has 1 aliphatic rings. The lowest BCUT2D eigenvalue weighted by Crippen LogP contribution is -2.44. The zero-order valence-corrected chi connectivity index (χ0v) is 12.7. The standard InChI is InChI=1S/C13H19N3O4S/c1-20-13(17)8-10-4-2-3-7-16(10)21(18,19)11-5-6-12(14)15-9-11/h5-6,9-10H,2-4,7-8H2,1H3,(H2,14,15). The number of hydrogen-bond acceptors (Lipinski definition) is 6. The van der Waals surface area contributed by atoms with Crippen LogP contribution in [0.4, 0.5) is 5.82 Å². The third kappa shape index (κ3) is 3.51. The number of nitrogens with zero attached hydrogens (tertiary/aromatic N) is 2. The molecule has 1 aromatic rings. The largest absolute Gasteiger partial charge is 0.469 e. The SMILES string of the molecule is COC(=O)CC1CCCCN1S(=O)(=O)c1ccc(N)nc1. The van der Waals surface area contributed by atoms with Gasteiger partial charge in [0.25, 0.3) is 0 Å². The second-order valence-electron chi connectivity index (χ2n) is 4.96. The summed E-state index contributed by atoms with van der Waals surface area (Å²) in [4.78, 5) is 15.4. The van der Waals surface area contributed by atoms with Gasteiger partial charge in [-0.25, -0.2) is 13.4 Å². The first-order chi connectivity index (χ1) is 9.95. The maximum Gasteiger partial charge on any atom is 0.307 e. The molecule has 1 aromatic heterocycles. The molecule has 1 atom stereocenters. The fourth-order valence-corrected chi connectivity index (χ4v) is 4.09. The van der Waals surface area contributed by atoms with E-state index in [1.165, 1.54) is 29.7 Å². The molecule has 21 heavy (non-hydrogen) atoms. The second-order valence-corrected chi connectivity index (χ2v) is 6.85. The number of hydrogen-bond donors (Lipinski definition) is 1. The minimum absolute atomic E-state index is 0.0676. The molecule has 8 heteroatoms. The first-order valence-electron chi connectivity index (χ1n) is 6.75. The van der Waals surface area contributed by atoms with Crippen LogP contribution in [0.2, 0.25) is 0 Å². The van der Waals surface area contributed by atoms with Crippen molar-refractivity contribution in [1.82, 2.24) is 9.29 Å². The number of nitrogens with two attached hydrogens (primary N) is 1. The van der Waals surface area contributed by atoms with Crippen LogP contribution in [0.25, 0.3) is 0 Å². The Hall–Kier alpha value is -1.67. The molecule has 0 bridgehead atoms. The normalized spacial score (nSPS) is 20.1. The average Bonchev–Trinajstić information content (AvgIpc) is 2.48. The van der Waals surface area contributed by atoms with Crippen LogP contribution >= 0.6 is 0 Å². The highest BCUT2D eigenvalue weighted by Gasteiger charge is 2.35. The van der Waals surface area contributed by atoms with Crippen molar-refractivity contribution in [1.29, 1.82) is 0 Å². The number of piperidine rings is 1. The van der Waals surface area contributed by atoms with Gasteiger partial charge in [0, 0.05) is 18.8 Å². The Bertz CT molecular complexity index is 600. The number of carbonyl (C=O) groups is 1. The Kier molecular flexibility index (Phi) is 4.79. The Balaban J connectivity index is 2.27. The molecular formula is C13H19N3O4S. The molecule has 0 aliphatic carbocycles. The van der Waals surface area contributed by atoms with Gasteiger partial charge in [0.1, 0.15) is 10.7 Å². The van der Waals surface area contributed by atoms with Crippen molar-refractivity contribution in [2.75, 3.05) is 19.4 Å². The summed E-state index contributed by atoms with van der Waals surface area (Å²) in [5, 5.41) is 0. The second kappa shape index (κ2) is 6.40. The fraction of sp³-hybridized carbons (Fsp3) is 0.538. The smallest absolute Gasteiger partial charge is 0.307 e. The van der Waals surface area contributed by atoms with Gasteiger partial charge >= 0.3 is 5.97 Å². The Morgan fingerprint density at radius 3 is 2.86 bits per heavy atom. The van der Waals surface area contributed by atoms with Crippen LogP contribution in [0.5, 0.6) is 0 Å². The predicted octanol–water partition coefficient (Wildman–Crippen LogP) is 0.770. The van der Waals surface area contributed by atoms with Gasteiger partial charge in [0.2, 0.25) is 10.0 Å². The van der Waals surface area contributed by atoms with Crippen molar-refractivity contribution in [2.24, 2.45) is 0 Å². The lowest BCUT2D eigenvalue weighted by atomic mass is 10.0. The molecule has 0 spiro atoms. The van der Waals surface area contributed by atoms with E-state index in [2.05, 4.69) is 9.72 Å². The minimum atomic E-state index is -3.67. The summed E-state index contributed by atoms with van der Waals surface area (Å²) in [5.41, 5.74) is 5.48. The summed E-state index contributed by atoms with van der Waals surface area (Å²) in [6, 6.07) is 2.52. The lowest BCUT2D eigenvalue weighted by Gasteiger charge is -2.34. The first kappa shape index (κ1) is 15.7. The highest BCUT2D eigenvalue weighted by molar-refractivity contribution is 7.89. The summed E-state index contributed by atoms with van der Waals surface area (Å²) >= 11 is 0. The number of sulfonamides is 1. The van der Waals surface area contributed by atoms with E-state index in [9.17, 15) is 13.2 Å². The van der Waals surface area contributed by atoms with Crippen molar-refractivity contribution < 1.29 is 17.9 Å². The van der Waals surface area contributed by atoms with Crippen molar-refractivity contribution in [2.45, 2.75) is 36.6 Å². The maximum atomic E-state index is 12.7. The maximum absolute atomic E-state index is 12.7. The van der Waals surface area contributed by atoms with E-state index in [1.807, 2.05) is 0 Å². The highest BCUT2D eigenvalue weighted by atomic mass is 32.2. The molecule has 2 heterocycles. The number of rotatable bonds is 4. The van der Waals surface area contributed by atoms with Crippen LogP contribution in [0.1, 0.15) is 25.7 Å². The molecule has 2 N–H and O–H groups in total. The van der Waals surface area contributed by atoms with E-state index < -0.39 is 16.0 Å². The van der Waals surface area contributed by atoms with Crippen molar-refractivity contribution in [3.05, 3.63) is 18.3 Å². The number of carbonyl (C=O) groups excluding carboxylic acids is 1. The molecule has 2 rings (SSSR count). The molecule has 0 amide bonds. The monoisotopic (exact) mass is 313 g/mol. The first-order valence-corrected chi connectivity index (χ1v) is 8.19. The zero-order chi connectivity index (χ0) is 15.5. The Morgan fingerprint density at radius 2 is 2.24 bits per heavy atom. The van der Waals surface area contributed by atoms with E-state index >= 15 is 0 Å². The van der Waals surface area contributed by atoms with Crippen LogP contribution in [0.15, 0.2) is 23.2 Å². The van der Waals surface area contributed by atoms with Gasteiger partial charge in [-0.1, -0.05) is 6.42 Å². The van der Waals surface area contributed by atoms with Crippen LogP contribution in [-0.4, -0.2) is 43.4 Å². The third-order valence-electron chi connectivity index (χ3n) is 3.57. The third-order valence-corrected chi connectivity index (χ3v) is 5.50. The fourth-order valence-electron chi connectivity index (χ4n) is 2.45. The predicted molar refractivity (Wildman–Crippen MR) is 76.8 cm³/mol. The van der Waals surface area contributed by atoms with Gasteiger partial charge in [-0.2, -0.15) is 4.31 Å². The average molecular weight is 313 g/mol. The molecule has 116 valence electrons. The number of ether oxygens (including phenoxy) is 1. The molecule has 1 aliphatic heterocycles. The molecule has 0 saturated carbocycles. The van der Waals surface area contributed by atoms with E-state index in [-0.39, 0.29) is 23.2 Å². The molecule has 7 nitrogen and oxygen atoms in total. The van der Waals surface area contributed by atoms with E-state index in [0.29, 0.717) is 13.0 Å². The summed E-state index contributed by atoms with van der Waals surface area (Å²) in [5.74, 6) is -0.142. The molecule has 1 fully saturated rings. The van der Waals surface area contributed by atoms with Crippen molar-refractivity contribution >= 4 is 21.8 Å². The summed E-state index contributed by atoms with van der Waals surface area (Å²) < 4.78 is 31.4. The minimum Gasteiger partial charge on any atom is -0.469 e. The quantitative estimate of drug-likeness (QED) is 0.824. The van der Waals surface area contributed by atoms with Crippen LogP contribution in [0.3, 0.4) is 0 Å². The van der Waals surface area contributed by atoms with Gasteiger partial charge in [0.15, 0.2) is 0 Å². The number of methoxy groups -OCH3 is 1. The number of anilines is 1.